The van der Waals surface area contributed by atoms with Crippen molar-refractivity contribution in [3.05, 3.63) is 0 Å². The van der Waals surface area contributed by atoms with Gasteiger partial charge in [0.1, 0.15) is 18.1 Å². The van der Waals surface area contributed by atoms with Crippen molar-refractivity contribution in [2.75, 3.05) is 12.0 Å². The molecule has 3 amide bonds. The summed E-state index contributed by atoms with van der Waals surface area (Å²) in [6.45, 7) is 4.99. The molecular weight excluding hydrogens is 416 g/mol. The zero-order valence-corrected chi connectivity index (χ0v) is 18.5. The third-order valence-corrected chi connectivity index (χ3v) is 4.63. The minimum Gasteiger partial charge on any atom is -0.481 e. The van der Waals surface area contributed by atoms with Crippen molar-refractivity contribution in [3.63, 3.8) is 0 Å². The number of hydrogen-bond acceptors (Lipinski definition) is 7. The molecule has 30 heavy (non-hydrogen) atoms. The van der Waals surface area contributed by atoms with Crippen LogP contribution in [0.1, 0.15) is 40.0 Å². The quantitative estimate of drug-likeness (QED) is 0.197. The molecule has 4 atom stereocenters. The highest BCUT2D eigenvalue weighted by molar-refractivity contribution is 7.98. The van der Waals surface area contributed by atoms with Gasteiger partial charge in [-0.2, -0.15) is 11.8 Å². The van der Waals surface area contributed by atoms with Gasteiger partial charge in [-0.1, -0.05) is 13.8 Å². The molecule has 4 unspecified atom stereocenters. The van der Waals surface area contributed by atoms with Gasteiger partial charge in [-0.25, -0.2) is 4.79 Å². The lowest BCUT2D eigenvalue weighted by Crippen LogP contribution is -2.57. The number of aliphatic carboxylic acids is 2. The second-order valence-corrected chi connectivity index (χ2v) is 8.30. The Morgan fingerprint density at radius 1 is 0.867 bits per heavy atom. The van der Waals surface area contributed by atoms with Gasteiger partial charge in [0.05, 0.1) is 12.5 Å². The van der Waals surface area contributed by atoms with Gasteiger partial charge < -0.3 is 31.9 Å². The molecule has 0 aliphatic carbocycles. The van der Waals surface area contributed by atoms with Crippen LogP contribution < -0.4 is 21.7 Å². The second-order valence-electron chi connectivity index (χ2n) is 7.32. The van der Waals surface area contributed by atoms with Gasteiger partial charge in [0.15, 0.2) is 0 Å². The molecule has 0 aromatic rings. The molecule has 0 fully saturated rings. The van der Waals surface area contributed by atoms with Crippen LogP contribution in [0.3, 0.4) is 0 Å². The summed E-state index contributed by atoms with van der Waals surface area (Å²) in [7, 11) is 0. The molecule has 0 aliphatic heterocycles. The normalized spacial score (nSPS) is 14.9. The van der Waals surface area contributed by atoms with Crippen molar-refractivity contribution < 1.29 is 34.2 Å². The van der Waals surface area contributed by atoms with E-state index in [1.165, 1.54) is 18.7 Å². The van der Waals surface area contributed by atoms with E-state index in [2.05, 4.69) is 16.0 Å². The minimum absolute atomic E-state index is 0.0386. The van der Waals surface area contributed by atoms with Gasteiger partial charge in [0, 0.05) is 0 Å². The van der Waals surface area contributed by atoms with Crippen LogP contribution in [0.25, 0.3) is 0 Å². The van der Waals surface area contributed by atoms with Crippen LogP contribution in [0, 0.1) is 5.92 Å². The number of carboxylic acid groups (broad SMARTS) is 2. The molecule has 0 spiro atoms. The summed E-state index contributed by atoms with van der Waals surface area (Å²) < 4.78 is 0. The highest BCUT2D eigenvalue weighted by Crippen LogP contribution is 2.07. The van der Waals surface area contributed by atoms with Crippen molar-refractivity contribution in [1.82, 2.24) is 16.0 Å². The first kappa shape index (κ1) is 27.7. The molecular formula is C18H32N4O7S. The minimum atomic E-state index is -1.51. The van der Waals surface area contributed by atoms with Crippen molar-refractivity contribution in [1.29, 1.82) is 0 Å². The Bertz CT molecular complexity index is 628. The summed E-state index contributed by atoms with van der Waals surface area (Å²) in [6.07, 6.45) is 1.43. The van der Waals surface area contributed by atoms with Crippen LogP contribution in [0.4, 0.5) is 0 Å². The van der Waals surface area contributed by atoms with E-state index in [1.54, 1.807) is 13.8 Å². The van der Waals surface area contributed by atoms with Crippen molar-refractivity contribution in [2.24, 2.45) is 11.7 Å². The van der Waals surface area contributed by atoms with Crippen molar-refractivity contribution in [3.8, 4) is 0 Å². The van der Waals surface area contributed by atoms with E-state index >= 15 is 0 Å². The number of carboxylic acids is 2. The van der Waals surface area contributed by atoms with Gasteiger partial charge in [0.2, 0.25) is 17.7 Å². The summed E-state index contributed by atoms with van der Waals surface area (Å²) in [5, 5.41) is 25.4. The first-order valence-corrected chi connectivity index (χ1v) is 10.9. The predicted octanol–water partition coefficient (Wildman–Crippen LogP) is -0.853. The van der Waals surface area contributed by atoms with Crippen LogP contribution in [0.15, 0.2) is 0 Å². The maximum atomic E-state index is 12.6. The summed E-state index contributed by atoms with van der Waals surface area (Å²) in [5.41, 5.74) is 5.50. The Morgan fingerprint density at radius 3 is 1.80 bits per heavy atom. The molecule has 0 heterocycles. The lowest BCUT2D eigenvalue weighted by atomic mass is 10.0. The molecule has 0 saturated heterocycles. The molecule has 0 aromatic heterocycles. The molecule has 0 bridgehead atoms. The van der Waals surface area contributed by atoms with Crippen molar-refractivity contribution >= 4 is 41.4 Å². The van der Waals surface area contributed by atoms with Gasteiger partial charge in [-0.15, -0.1) is 0 Å². The fraction of sp³-hybridized carbons (Fsp3) is 0.722. The number of rotatable bonds is 14. The smallest absolute Gasteiger partial charge is 0.326 e. The highest BCUT2D eigenvalue weighted by atomic mass is 32.2. The average molecular weight is 449 g/mol. The fourth-order valence-corrected chi connectivity index (χ4v) is 2.90. The number of carbonyl (C=O) groups is 5. The van der Waals surface area contributed by atoms with Crippen LogP contribution in [0.2, 0.25) is 0 Å². The van der Waals surface area contributed by atoms with E-state index in [1.807, 2.05) is 6.26 Å². The monoisotopic (exact) mass is 448 g/mol. The molecule has 0 saturated carbocycles. The number of nitrogens with two attached hydrogens (primary N) is 1. The number of amides is 3. The third kappa shape index (κ3) is 11.0. The largest absolute Gasteiger partial charge is 0.481 e. The van der Waals surface area contributed by atoms with Gasteiger partial charge in [-0.3, -0.25) is 19.2 Å². The Kier molecular flexibility index (Phi) is 12.7. The molecule has 0 rings (SSSR count). The van der Waals surface area contributed by atoms with Crippen LogP contribution in [-0.4, -0.2) is 76.0 Å². The zero-order chi connectivity index (χ0) is 23.4. The Labute approximate surface area is 179 Å². The first-order chi connectivity index (χ1) is 13.9. The van der Waals surface area contributed by atoms with E-state index in [0.29, 0.717) is 5.75 Å². The standard InChI is InChI=1S/C18H32N4O7S/c1-9(2)7-13(18(28)29)22-17(27)12(8-14(23)24)21-16(26)11(5-6-30-4)20-15(25)10(3)19/h9-13H,5-8,19H2,1-4H3,(H,20,25)(H,21,26)(H,22,27)(H,23,24)(H,28,29). The zero-order valence-electron chi connectivity index (χ0n) is 17.6. The van der Waals surface area contributed by atoms with E-state index < -0.39 is 60.2 Å². The van der Waals surface area contributed by atoms with Gasteiger partial charge in [0.25, 0.3) is 0 Å². The summed E-state index contributed by atoms with van der Waals surface area (Å²) in [4.78, 5) is 59.6. The number of hydrogen-bond donors (Lipinski definition) is 6. The maximum absolute atomic E-state index is 12.6. The van der Waals surface area contributed by atoms with E-state index in [9.17, 15) is 29.1 Å². The SMILES string of the molecule is CSCCC(NC(=O)C(C)N)C(=O)NC(CC(=O)O)C(=O)NC(CC(C)C)C(=O)O. The van der Waals surface area contributed by atoms with E-state index in [0.717, 1.165) is 0 Å². The van der Waals surface area contributed by atoms with Crippen LogP contribution >= 0.6 is 11.8 Å². The number of nitrogens with one attached hydrogen (secondary N) is 3. The van der Waals surface area contributed by atoms with Crippen LogP contribution in [0.5, 0.6) is 0 Å². The van der Waals surface area contributed by atoms with Crippen molar-refractivity contribution in [2.45, 2.75) is 64.2 Å². The molecule has 0 radical (unpaired) electrons. The maximum Gasteiger partial charge on any atom is 0.326 e. The Balaban J connectivity index is 5.40. The summed E-state index contributed by atoms with van der Waals surface area (Å²) >= 11 is 1.43. The molecule has 0 aliphatic rings. The highest BCUT2D eigenvalue weighted by Gasteiger charge is 2.31. The molecule has 12 heteroatoms. The van der Waals surface area contributed by atoms with Gasteiger partial charge >= 0.3 is 11.9 Å². The average Bonchev–Trinajstić information content (AvgIpc) is 2.62. The Morgan fingerprint density at radius 2 is 1.37 bits per heavy atom. The summed E-state index contributed by atoms with van der Waals surface area (Å²) in [6, 6.07) is -4.62. The fourth-order valence-electron chi connectivity index (χ4n) is 2.43. The van der Waals surface area contributed by atoms with E-state index in [-0.39, 0.29) is 18.8 Å². The predicted molar refractivity (Wildman–Crippen MR) is 112 cm³/mol. The first-order valence-electron chi connectivity index (χ1n) is 9.49. The number of thioether (sulfide) groups is 1. The van der Waals surface area contributed by atoms with E-state index in [4.69, 9.17) is 10.8 Å². The van der Waals surface area contributed by atoms with Gasteiger partial charge in [-0.05, 0) is 37.7 Å². The Hall–Kier alpha value is -2.34. The topological polar surface area (TPSA) is 188 Å². The molecule has 0 aromatic carbocycles. The lowest BCUT2D eigenvalue weighted by molar-refractivity contribution is -0.144. The second kappa shape index (κ2) is 13.8. The number of carbonyl (C=O) groups excluding carboxylic acids is 3. The van der Waals surface area contributed by atoms with Crippen LogP contribution in [-0.2, 0) is 24.0 Å². The molecule has 7 N–H and O–H groups in total. The summed E-state index contributed by atoms with van der Waals surface area (Å²) in [5.74, 6) is -4.40. The molecule has 11 nitrogen and oxygen atoms in total. The lowest BCUT2D eigenvalue weighted by Gasteiger charge is -2.24. The molecule has 172 valence electrons. The third-order valence-electron chi connectivity index (χ3n) is 3.99.